The Morgan fingerprint density at radius 2 is 2.21 bits per heavy atom. The van der Waals surface area contributed by atoms with E-state index in [1.807, 2.05) is 0 Å². The third kappa shape index (κ3) is 9.67. The van der Waals surface area contributed by atoms with E-state index in [4.69, 9.17) is 11.6 Å². The largest absolute Gasteiger partial charge is 0.374 e. The van der Waals surface area contributed by atoms with E-state index in [1.165, 1.54) is 0 Å². The van der Waals surface area contributed by atoms with Crippen molar-refractivity contribution < 1.29 is 18.3 Å². The van der Waals surface area contributed by atoms with E-state index in [-0.39, 0.29) is 19.1 Å². The molecule has 0 heterocycles. The summed E-state index contributed by atoms with van der Waals surface area (Å²) in [5, 5.41) is 2.52. The smallest absolute Gasteiger partial charge is 0.261 e. The zero-order chi connectivity index (χ0) is 10.8. The van der Waals surface area contributed by atoms with E-state index < -0.39 is 13.0 Å². The number of carbonyl (C=O) groups excluding carboxylic acids is 1. The lowest BCUT2D eigenvalue weighted by Crippen LogP contribution is -2.27. The van der Waals surface area contributed by atoms with Crippen molar-refractivity contribution in [2.24, 2.45) is 0 Å². The van der Waals surface area contributed by atoms with Gasteiger partial charge in [-0.2, -0.15) is 0 Å². The predicted octanol–water partition coefficient (Wildman–Crippen LogP) is 1.40. The van der Waals surface area contributed by atoms with Crippen LogP contribution >= 0.6 is 11.6 Å². The summed E-state index contributed by atoms with van der Waals surface area (Å²) in [6, 6.07) is 0. The summed E-state index contributed by atoms with van der Waals surface area (Å²) < 4.78 is 27.7. The molecule has 0 bridgehead atoms. The van der Waals surface area contributed by atoms with Gasteiger partial charge < -0.3 is 10.1 Å². The molecule has 6 heteroatoms. The number of hydrogen-bond donors (Lipinski definition) is 1. The maximum atomic E-state index is 11.6. The predicted molar refractivity (Wildman–Crippen MR) is 49.8 cm³/mol. The second kappa shape index (κ2) is 9.15. The molecular formula is C8H14ClF2NO2. The first-order valence-corrected chi connectivity index (χ1v) is 4.89. The van der Waals surface area contributed by atoms with Gasteiger partial charge in [0.05, 0.1) is 6.61 Å². The van der Waals surface area contributed by atoms with Crippen molar-refractivity contribution in [2.75, 3.05) is 25.6 Å². The quantitative estimate of drug-likeness (QED) is 0.505. The highest BCUT2D eigenvalue weighted by atomic mass is 35.5. The molecule has 0 aliphatic rings. The van der Waals surface area contributed by atoms with E-state index in [1.54, 1.807) is 0 Å². The fourth-order valence-electron chi connectivity index (χ4n) is 0.751. The third-order valence-electron chi connectivity index (χ3n) is 1.35. The van der Waals surface area contributed by atoms with Crippen LogP contribution in [-0.4, -0.2) is 38.0 Å². The number of nitrogens with one attached hydrogen (secondary N) is 1. The molecule has 0 aromatic carbocycles. The molecule has 0 aromatic heterocycles. The van der Waals surface area contributed by atoms with Gasteiger partial charge in [-0.05, 0) is 6.42 Å². The zero-order valence-electron chi connectivity index (χ0n) is 7.77. The Labute approximate surface area is 86.8 Å². The first-order valence-electron chi connectivity index (χ1n) is 4.35. The van der Waals surface area contributed by atoms with Crippen LogP contribution in [0.15, 0.2) is 0 Å². The van der Waals surface area contributed by atoms with E-state index in [0.29, 0.717) is 18.7 Å². The lowest BCUT2D eigenvalue weighted by molar-refractivity contribution is -0.121. The summed E-state index contributed by atoms with van der Waals surface area (Å²) in [5.41, 5.74) is 0. The summed E-state index contributed by atoms with van der Waals surface area (Å²) >= 11 is 5.38. The molecule has 0 radical (unpaired) electrons. The van der Waals surface area contributed by atoms with Crippen LogP contribution in [0.5, 0.6) is 0 Å². The number of hydrogen-bond acceptors (Lipinski definition) is 2. The average Bonchev–Trinajstić information content (AvgIpc) is 2.13. The van der Waals surface area contributed by atoms with E-state index in [0.717, 1.165) is 0 Å². The van der Waals surface area contributed by atoms with Gasteiger partial charge in [0.1, 0.15) is 6.61 Å². The summed E-state index contributed by atoms with van der Waals surface area (Å²) in [6.07, 6.45) is -1.48. The number of amides is 1. The van der Waals surface area contributed by atoms with Crippen molar-refractivity contribution >= 4 is 17.5 Å². The average molecular weight is 230 g/mol. The van der Waals surface area contributed by atoms with Gasteiger partial charge in [0, 0.05) is 18.8 Å². The molecule has 0 saturated heterocycles. The van der Waals surface area contributed by atoms with Gasteiger partial charge in [-0.3, -0.25) is 4.79 Å². The van der Waals surface area contributed by atoms with Gasteiger partial charge in [0.15, 0.2) is 0 Å². The lowest BCUT2D eigenvalue weighted by atomic mass is 10.3. The molecule has 0 saturated carbocycles. The minimum Gasteiger partial charge on any atom is -0.374 e. The van der Waals surface area contributed by atoms with Crippen molar-refractivity contribution in [3.63, 3.8) is 0 Å². The van der Waals surface area contributed by atoms with Crippen molar-refractivity contribution in [1.29, 1.82) is 0 Å². The minimum atomic E-state index is -2.46. The van der Waals surface area contributed by atoms with Crippen LogP contribution in [-0.2, 0) is 9.53 Å². The summed E-state index contributed by atoms with van der Waals surface area (Å²) in [4.78, 5) is 10.9. The molecule has 0 aliphatic heterocycles. The Balaban J connectivity index is 3.15. The molecule has 0 fully saturated rings. The molecule has 0 rings (SSSR count). The maximum absolute atomic E-state index is 11.6. The molecule has 84 valence electrons. The molecule has 0 spiro atoms. The minimum absolute atomic E-state index is 0.108. The zero-order valence-corrected chi connectivity index (χ0v) is 8.53. The van der Waals surface area contributed by atoms with Crippen LogP contribution in [0.1, 0.15) is 12.8 Å². The van der Waals surface area contributed by atoms with Gasteiger partial charge in [-0.15, -0.1) is 11.6 Å². The van der Waals surface area contributed by atoms with E-state index >= 15 is 0 Å². The molecule has 1 N–H and O–H groups in total. The second-order valence-corrected chi connectivity index (χ2v) is 2.99. The van der Waals surface area contributed by atoms with Crippen molar-refractivity contribution in [3.8, 4) is 0 Å². The van der Waals surface area contributed by atoms with Gasteiger partial charge >= 0.3 is 0 Å². The Morgan fingerprint density at radius 3 is 2.79 bits per heavy atom. The SMILES string of the molecule is O=C(CCCCl)NCCOCC(F)F. The first kappa shape index (κ1) is 13.6. The van der Waals surface area contributed by atoms with Crippen LogP contribution < -0.4 is 5.32 Å². The molecule has 0 unspecified atom stereocenters. The number of carbonyl (C=O) groups is 1. The summed E-state index contributed by atoms with van der Waals surface area (Å²) in [7, 11) is 0. The monoisotopic (exact) mass is 229 g/mol. The Bertz CT molecular complexity index is 158. The van der Waals surface area contributed by atoms with E-state index in [2.05, 4.69) is 10.1 Å². The standard InChI is InChI=1S/C8H14ClF2NO2/c9-3-1-2-8(13)12-4-5-14-6-7(10)11/h7H,1-6H2,(H,12,13). The van der Waals surface area contributed by atoms with Gasteiger partial charge in [0.2, 0.25) is 5.91 Å². The van der Waals surface area contributed by atoms with Crippen molar-refractivity contribution in [3.05, 3.63) is 0 Å². The van der Waals surface area contributed by atoms with E-state index in [9.17, 15) is 13.6 Å². The molecule has 0 aromatic rings. The topological polar surface area (TPSA) is 38.3 Å². The Morgan fingerprint density at radius 1 is 1.50 bits per heavy atom. The number of ether oxygens (including phenoxy) is 1. The second-order valence-electron chi connectivity index (χ2n) is 2.61. The maximum Gasteiger partial charge on any atom is 0.261 e. The van der Waals surface area contributed by atoms with Gasteiger partial charge in [-0.1, -0.05) is 0 Å². The highest BCUT2D eigenvalue weighted by Crippen LogP contribution is 1.92. The first-order chi connectivity index (χ1) is 6.66. The Hall–Kier alpha value is -0.420. The summed E-state index contributed by atoms with van der Waals surface area (Å²) in [6.45, 7) is -0.220. The number of halogens is 3. The molecular weight excluding hydrogens is 216 g/mol. The fourth-order valence-corrected chi connectivity index (χ4v) is 0.884. The number of alkyl halides is 3. The van der Waals surface area contributed by atoms with Gasteiger partial charge in [0.25, 0.3) is 6.43 Å². The molecule has 3 nitrogen and oxygen atoms in total. The van der Waals surface area contributed by atoms with Gasteiger partial charge in [-0.25, -0.2) is 8.78 Å². The van der Waals surface area contributed by atoms with Crippen molar-refractivity contribution in [2.45, 2.75) is 19.3 Å². The van der Waals surface area contributed by atoms with Crippen LogP contribution in [0.2, 0.25) is 0 Å². The van der Waals surface area contributed by atoms with Crippen LogP contribution in [0.3, 0.4) is 0 Å². The van der Waals surface area contributed by atoms with Crippen LogP contribution in [0.25, 0.3) is 0 Å². The molecule has 0 atom stereocenters. The highest BCUT2D eigenvalue weighted by Gasteiger charge is 2.02. The highest BCUT2D eigenvalue weighted by molar-refractivity contribution is 6.17. The Kier molecular flexibility index (Phi) is 8.87. The molecule has 1 amide bonds. The lowest BCUT2D eigenvalue weighted by Gasteiger charge is -2.05. The number of rotatable bonds is 8. The molecule has 14 heavy (non-hydrogen) atoms. The van der Waals surface area contributed by atoms with Crippen LogP contribution in [0.4, 0.5) is 8.78 Å². The summed E-state index contributed by atoms with van der Waals surface area (Å²) in [5.74, 6) is 0.307. The van der Waals surface area contributed by atoms with Crippen molar-refractivity contribution in [1.82, 2.24) is 5.32 Å². The third-order valence-corrected chi connectivity index (χ3v) is 1.62. The van der Waals surface area contributed by atoms with Crippen LogP contribution in [0, 0.1) is 0 Å². The fraction of sp³-hybridized carbons (Fsp3) is 0.875. The normalized spacial score (nSPS) is 10.6. The molecule has 0 aliphatic carbocycles.